The zero-order chi connectivity index (χ0) is 15.1. The first-order valence-corrected chi connectivity index (χ1v) is 8.23. The minimum atomic E-state index is 0. The maximum absolute atomic E-state index is 12.2. The number of amides is 1. The number of halogens is 2. The third-order valence-electron chi connectivity index (χ3n) is 4.31. The molecule has 5 heteroatoms. The highest BCUT2D eigenvalue weighted by Crippen LogP contribution is 2.21. The zero-order valence-corrected chi connectivity index (χ0v) is 14.8. The fraction of sp³-hybridized carbons (Fsp3) is 0.588. The van der Waals surface area contributed by atoms with E-state index < -0.39 is 0 Å². The van der Waals surface area contributed by atoms with Gasteiger partial charge in [-0.2, -0.15) is 0 Å². The summed E-state index contributed by atoms with van der Waals surface area (Å²) in [6, 6.07) is 7.77. The molecule has 1 aromatic rings. The molecule has 22 heavy (non-hydrogen) atoms. The summed E-state index contributed by atoms with van der Waals surface area (Å²) in [5, 5.41) is 3.95. The molecule has 0 aliphatic carbocycles. The molecule has 0 atom stereocenters. The molecule has 0 unspecified atom stereocenters. The second-order valence-electron chi connectivity index (χ2n) is 5.84. The van der Waals surface area contributed by atoms with Crippen LogP contribution in [0.5, 0.6) is 0 Å². The number of aryl methyl sites for hydroxylation is 1. The smallest absolute Gasteiger partial charge is 0.222 e. The Bertz CT molecular complexity index is 442. The molecule has 124 valence electrons. The van der Waals surface area contributed by atoms with Gasteiger partial charge in [0.15, 0.2) is 0 Å². The monoisotopic (exact) mass is 344 g/mol. The predicted octanol–water partition coefficient (Wildman–Crippen LogP) is 3.54. The van der Waals surface area contributed by atoms with Gasteiger partial charge in [-0.15, -0.1) is 12.4 Å². The van der Waals surface area contributed by atoms with Gasteiger partial charge in [0, 0.05) is 24.5 Å². The van der Waals surface area contributed by atoms with Crippen molar-refractivity contribution in [1.82, 2.24) is 10.2 Å². The number of hydrogen-bond acceptors (Lipinski definition) is 2. The van der Waals surface area contributed by atoms with E-state index in [2.05, 4.69) is 5.32 Å². The minimum absolute atomic E-state index is 0. The summed E-state index contributed by atoms with van der Waals surface area (Å²) in [4.78, 5) is 14.3. The van der Waals surface area contributed by atoms with Crippen LogP contribution in [0.1, 0.15) is 31.2 Å². The van der Waals surface area contributed by atoms with E-state index in [1.807, 2.05) is 36.2 Å². The number of carbonyl (C=O) groups is 1. The first kappa shape index (κ1) is 19.3. The number of carbonyl (C=O) groups excluding carboxylic acids is 1. The fourth-order valence-electron chi connectivity index (χ4n) is 2.88. The van der Waals surface area contributed by atoms with Gasteiger partial charge < -0.3 is 10.2 Å². The molecule has 0 bridgehead atoms. The average Bonchev–Trinajstić information content (AvgIpc) is 2.52. The second-order valence-corrected chi connectivity index (χ2v) is 6.28. The lowest BCUT2D eigenvalue weighted by Gasteiger charge is -2.32. The van der Waals surface area contributed by atoms with Crippen LogP contribution < -0.4 is 5.32 Å². The molecule has 2 rings (SSSR count). The molecular formula is C17H26Cl2N2O. The van der Waals surface area contributed by atoms with Gasteiger partial charge in [-0.25, -0.2) is 0 Å². The van der Waals surface area contributed by atoms with Crippen LogP contribution in [-0.2, 0) is 11.2 Å². The van der Waals surface area contributed by atoms with Gasteiger partial charge in [-0.3, -0.25) is 4.79 Å². The molecule has 1 N–H and O–H groups in total. The van der Waals surface area contributed by atoms with E-state index in [0.717, 1.165) is 49.8 Å². The lowest BCUT2D eigenvalue weighted by molar-refractivity contribution is -0.132. The average molecular weight is 345 g/mol. The normalized spacial score (nSPS) is 15.5. The van der Waals surface area contributed by atoms with Gasteiger partial charge in [-0.05, 0) is 62.9 Å². The second kappa shape index (κ2) is 10.1. The van der Waals surface area contributed by atoms with Crippen molar-refractivity contribution in [2.45, 2.75) is 32.1 Å². The van der Waals surface area contributed by atoms with E-state index in [9.17, 15) is 4.79 Å². The van der Waals surface area contributed by atoms with Gasteiger partial charge in [0.2, 0.25) is 5.91 Å². The molecule has 1 aliphatic heterocycles. The van der Waals surface area contributed by atoms with E-state index >= 15 is 0 Å². The summed E-state index contributed by atoms with van der Waals surface area (Å²) < 4.78 is 0. The Morgan fingerprint density at radius 2 is 1.91 bits per heavy atom. The number of rotatable bonds is 6. The van der Waals surface area contributed by atoms with Gasteiger partial charge in [0.25, 0.3) is 0 Å². The number of likely N-dealkylation sites (tertiary alicyclic amines) is 1. The maximum Gasteiger partial charge on any atom is 0.222 e. The van der Waals surface area contributed by atoms with Gasteiger partial charge in [-0.1, -0.05) is 23.7 Å². The fourth-order valence-corrected chi connectivity index (χ4v) is 3.01. The number of hydrogen-bond donors (Lipinski definition) is 1. The van der Waals surface area contributed by atoms with Crippen LogP contribution in [0.25, 0.3) is 0 Å². The van der Waals surface area contributed by atoms with E-state index in [-0.39, 0.29) is 18.3 Å². The molecule has 1 fully saturated rings. The van der Waals surface area contributed by atoms with Crippen LogP contribution in [0.4, 0.5) is 0 Å². The molecule has 0 radical (unpaired) electrons. The first-order chi connectivity index (χ1) is 10.2. The highest BCUT2D eigenvalue weighted by molar-refractivity contribution is 6.30. The van der Waals surface area contributed by atoms with Crippen LogP contribution in [-0.4, -0.2) is 37.5 Å². The van der Waals surface area contributed by atoms with E-state index in [1.165, 1.54) is 12.0 Å². The Kier molecular flexibility index (Phi) is 8.84. The number of piperidine rings is 1. The van der Waals surface area contributed by atoms with Gasteiger partial charge in [0.1, 0.15) is 0 Å². The van der Waals surface area contributed by atoms with Crippen molar-refractivity contribution in [3.8, 4) is 0 Å². The van der Waals surface area contributed by atoms with Gasteiger partial charge >= 0.3 is 0 Å². The number of nitrogens with zero attached hydrogens (tertiary/aromatic N) is 1. The molecule has 0 saturated carbocycles. The van der Waals surface area contributed by atoms with E-state index in [0.29, 0.717) is 6.42 Å². The standard InChI is InChI=1S/C17H25ClN2O.ClH/c1-19-11-8-15-9-12-20(13-10-15)17(21)7-4-14-2-5-16(18)6-3-14;/h2-3,5-6,15,19H,4,7-13H2,1H3;1H. The summed E-state index contributed by atoms with van der Waals surface area (Å²) in [5.74, 6) is 1.06. The lowest BCUT2D eigenvalue weighted by atomic mass is 9.93. The minimum Gasteiger partial charge on any atom is -0.343 e. The third kappa shape index (κ3) is 6.15. The van der Waals surface area contributed by atoms with Crippen molar-refractivity contribution in [1.29, 1.82) is 0 Å². The van der Waals surface area contributed by atoms with Crippen LogP contribution in [0.3, 0.4) is 0 Å². The summed E-state index contributed by atoms with van der Waals surface area (Å²) in [5.41, 5.74) is 1.18. The van der Waals surface area contributed by atoms with Crippen molar-refractivity contribution >= 4 is 29.9 Å². The first-order valence-electron chi connectivity index (χ1n) is 7.86. The van der Waals surface area contributed by atoms with Crippen molar-refractivity contribution in [2.75, 3.05) is 26.7 Å². The Hall–Kier alpha value is -0.770. The van der Waals surface area contributed by atoms with Crippen LogP contribution in [0.15, 0.2) is 24.3 Å². The Labute approximate surface area is 144 Å². The van der Waals surface area contributed by atoms with Crippen molar-refractivity contribution in [3.05, 3.63) is 34.9 Å². The summed E-state index contributed by atoms with van der Waals surface area (Å²) >= 11 is 5.87. The zero-order valence-electron chi connectivity index (χ0n) is 13.2. The SMILES string of the molecule is CNCCC1CCN(C(=O)CCc2ccc(Cl)cc2)CC1.Cl. The number of benzene rings is 1. The van der Waals surface area contributed by atoms with Crippen molar-refractivity contribution < 1.29 is 4.79 Å². The van der Waals surface area contributed by atoms with Crippen LogP contribution >= 0.6 is 24.0 Å². The van der Waals surface area contributed by atoms with E-state index in [4.69, 9.17) is 11.6 Å². The van der Waals surface area contributed by atoms with Crippen LogP contribution in [0, 0.1) is 5.92 Å². The molecule has 1 aliphatic rings. The lowest BCUT2D eigenvalue weighted by Crippen LogP contribution is -2.39. The Morgan fingerprint density at radius 1 is 1.27 bits per heavy atom. The Balaban J connectivity index is 0.00000242. The summed E-state index contributed by atoms with van der Waals surface area (Å²) in [6.07, 6.45) is 4.92. The van der Waals surface area contributed by atoms with Crippen LogP contribution in [0.2, 0.25) is 5.02 Å². The Morgan fingerprint density at radius 3 is 2.50 bits per heavy atom. The summed E-state index contributed by atoms with van der Waals surface area (Å²) in [7, 11) is 2.00. The molecule has 1 amide bonds. The maximum atomic E-state index is 12.2. The quantitative estimate of drug-likeness (QED) is 0.855. The molecule has 3 nitrogen and oxygen atoms in total. The van der Waals surface area contributed by atoms with Gasteiger partial charge in [0.05, 0.1) is 0 Å². The highest BCUT2D eigenvalue weighted by atomic mass is 35.5. The number of nitrogens with one attached hydrogen (secondary N) is 1. The summed E-state index contributed by atoms with van der Waals surface area (Å²) in [6.45, 7) is 2.93. The molecule has 1 saturated heterocycles. The van der Waals surface area contributed by atoms with Crippen molar-refractivity contribution in [2.24, 2.45) is 5.92 Å². The largest absolute Gasteiger partial charge is 0.343 e. The van der Waals surface area contributed by atoms with E-state index in [1.54, 1.807) is 0 Å². The molecule has 0 spiro atoms. The third-order valence-corrected chi connectivity index (χ3v) is 4.56. The predicted molar refractivity (Wildman–Crippen MR) is 94.9 cm³/mol. The molecule has 1 aromatic carbocycles. The molecular weight excluding hydrogens is 319 g/mol. The van der Waals surface area contributed by atoms with Crippen molar-refractivity contribution in [3.63, 3.8) is 0 Å². The molecule has 0 aromatic heterocycles. The highest BCUT2D eigenvalue weighted by Gasteiger charge is 2.21. The molecule has 1 heterocycles. The topological polar surface area (TPSA) is 32.3 Å².